The maximum absolute atomic E-state index is 14.1. The van der Waals surface area contributed by atoms with Gasteiger partial charge in [-0.3, -0.25) is 14.2 Å². The predicted molar refractivity (Wildman–Crippen MR) is 165 cm³/mol. The minimum atomic E-state index is -4.73. The van der Waals surface area contributed by atoms with E-state index in [1.54, 1.807) is 46.0 Å². The van der Waals surface area contributed by atoms with Crippen LogP contribution in [0.1, 0.15) is 66.4 Å². The van der Waals surface area contributed by atoms with Crippen LogP contribution in [-0.2, 0) is 37.0 Å². The van der Waals surface area contributed by atoms with Crippen LogP contribution in [0.15, 0.2) is 47.8 Å². The number of aryl methyl sites for hydroxylation is 2. The number of rotatable bonds is 6. The van der Waals surface area contributed by atoms with E-state index in [4.69, 9.17) is 14.2 Å². The summed E-state index contributed by atoms with van der Waals surface area (Å²) in [6.45, 7) is 7.49. The maximum atomic E-state index is 14.1. The highest BCUT2D eigenvalue weighted by Crippen LogP contribution is 2.45. The van der Waals surface area contributed by atoms with E-state index < -0.39 is 44.9 Å². The minimum absolute atomic E-state index is 0.0181. The molecule has 256 valence electrons. The Bertz CT molecular complexity index is 1990. The smallest absolute Gasteiger partial charge is 0.452 e. The molecule has 4 aromatic rings. The molecule has 1 fully saturated rings. The number of fused-ring (bicyclic) bond motifs is 2. The van der Waals surface area contributed by atoms with Crippen molar-refractivity contribution in [3.05, 3.63) is 76.6 Å². The minimum Gasteiger partial charge on any atom is -0.469 e. The van der Waals surface area contributed by atoms with Gasteiger partial charge in [0.2, 0.25) is 21.7 Å². The van der Waals surface area contributed by atoms with E-state index in [9.17, 15) is 26.4 Å². The van der Waals surface area contributed by atoms with E-state index in [1.807, 2.05) is 0 Å². The lowest BCUT2D eigenvalue weighted by atomic mass is 9.70. The quantitative estimate of drug-likeness (QED) is 0.264. The van der Waals surface area contributed by atoms with Gasteiger partial charge in [0.05, 0.1) is 32.3 Å². The van der Waals surface area contributed by atoms with E-state index in [0.29, 0.717) is 54.0 Å². The topological polar surface area (TPSA) is 138 Å². The molecule has 48 heavy (non-hydrogen) atoms. The average molecular weight is 689 g/mol. The number of esters is 1. The lowest BCUT2D eigenvalue weighted by molar-refractivity contribution is -0.151. The number of pyridine rings is 3. The number of sulfonamides is 1. The summed E-state index contributed by atoms with van der Waals surface area (Å²) in [5.74, 6) is -2.48. The molecule has 4 aromatic heterocycles. The first-order valence-electron chi connectivity index (χ1n) is 15.3. The summed E-state index contributed by atoms with van der Waals surface area (Å²) in [6.07, 6.45) is 0.491. The van der Waals surface area contributed by atoms with E-state index in [1.165, 1.54) is 35.9 Å². The molecular formula is C32H35F3N6O6S. The Hall–Kier alpha value is -4.15. The van der Waals surface area contributed by atoms with Crippen molar-refractivity contribution < 1.29 is 40.6 Å². The molecule has 0 aliphatic carbocycles. The maximum Gasteiger partial charge on any atom is 0.452 e. The van der Waals surface area contributed by atoms with Crippen molar-refractivity contribution in [1.29, 1.82) is 0 Å². The van der Waals surface area contributed by atoms with Crippen molar-refractivity contribution in [2.45, 2.75) is 69.7 Å². The second kappa shape index (κ2) is 12.1. The lowest BCUT2D eigenvalue weighted by Gasteiger charge is -2.38. The number of halogens is 3. The Morgan fingerprint density at radius 1 is 1.12 bits per heavy atom. The Morgan fingerprint density at radius 2 is 1.85 bits per heavy atom. The van der Waals surface area contributed by atoms with Crippen LogP contribution in [0.25, 0.3) is 5.65 Å². The number of hydrogen-bond donors (Lipinski definition) is 0. The molecule has 0 aromatic carbocycles. The number of ether oxygens (including phenoxy) is 3. The standard InChI is InChI=1S/C32H35F3N6O6S/c1-19-23(8-12-41-26(19)38-39-28(41)32(33,34)35)25(30(3,4)29(42)45-5)21-15-22(20(2)37-16-21)17-40-18-31(9-13-46-14-10-31)47-27-24(48(40,43)44)7-6-11-36-27/h6-8,11-12,15-16,25H,9-10,13-14,17-18H2,1-5H3/t25-/m0/s1. The molecule has 1 atom stereocenters. The van der Waals surface area contributed by atoms with E-state index in [-0.39, 0.29) is 29.5 Å². The van der Waals surface area contributed by atoms with Crippen molar-refractivity contribution in [3.8, 4) is 5.88 Å². The fourth-order valence-electron chi connectivity index (χ4n) is 6.65. The molecule has 0 amide bonds. The van der Waals surface area contributed by atoms with Gasteiger partial charge in [0.25, 0.3) is 0 Å². The third kappa shape index (κ3) is 5.79. The summed E-state index contributed by atoms with van der Waals surface area (Å²) in [6, 6.07) is 6.30. The molecule has 6 heterocycles. The van der Waals surface area contributed by atoms with Gasteiger partial charge >= 0.3 is 12.1 Å². The van der Waals surface area contributed by atoms with Gasteiger partial charge in [-0.25, -0.2) is 13.4 Å². The van der Waals surface area contributed by atoms with Crippen LogP contribution in [0, 0.1) is 19.3 Å². The third-order valence-electron chi connectivity index (χ3n) is 9.29. The van der Waals surface area contributed by atoms with E-state index in [0.717, 1.165) is 4.40 Å². The van der Waals surface area contributed by atoms with Gasteiger partial charge in [0, 0.05) is 49.6 Å². The largest absolute Gasteiger partial charge is 0.469 e. The Labute approximate surface area is 275 Å². The first kappa shape index (κ1) is 33.7. The summed E-state index contributed by atoms with van der Waals surface area (Å²) in [7, 11) is -2.83. The fraction of sp³-hybridized carbons (Fsp3) is 0.469. The second-order valence-corrected chi connectivity index (χ2v) is 14.7. The zero-order chi connectivity index (χ0) is 34.6. The zero-order valence-electron chi connectivity index (χ0n) is 27.0. The molecule has 0 N–H and O–H groups in total. The van der Waals surface area contributed by atoms with Crippen LogP contribution in [0.2, 0.25) is 0 Å². The first-order valence-corrected chi connectivity index (χ1v) is 16.7. The fourth-order valence-corrected chi connectivity index (χ4v) is 8.21. The SMILES string of the molecule is COC(=O)C(C)(C)[C@@H](c1cnc(C)c(CN2CC3(CCOCC3)Oc3ncccc3S2(=O)=O)c1)c1ccn2c(C(F)(F)F)nnc2c1C. The third-order valence-corrected chi connectivity index (χ3v) is 11.1. The van der Waals surface area contributed by atoms with Crippen LogP contribution in [0.4, 0.5) is 13.2 Å². The first-order chi connectivity index (χ1) is 22.6. The van der Waals surface area contributed by atoms with Crippen molar-refractivity contribution >= 4 is 21.6 Å². The van der Waals surface area contributed by atoms with Crippen LogP contribution in [0.5, 0.6) is 5.88 Å². The number of carbonyl (C=O) groups excluding carboxylic acids is 1. The van der Waals surface area contributed by atoms with Gasteiger partial charge in [-0.2, -0.15) is 17.5 Å². The number of hydrogen-bond acceptors (Lipinski definition) is 10. The molecule has 16 heteroatoms. The summed E-state index contributed by atoms with van der Waals surface area (Å²) >= 11 is 0. The number of carbonyl (C=O) groups is 1. The summed E-state index contributed by atoms with van der Waals surface area (Å²) < 4.78 is 88.5. The highest BCUT2D eigenvalue weighted by molar-refractivity contribution is 7.89. The highest BCUT2D eigenvalue weighted by Gasteiger charge is 2.46. The van der Waals surface area contributed by atoms with Gasteiger partial charge in [0.1, 0.15) is 10.5 Å². The van der Waals surface area contributed by atoms with Gasteiger partial charge in [-0.05, 0) is 68.1 Å². The number of aromatic nitrogens is 5. The lowest BCUT2D eigenvalue weighted by Crippen LogP contribution is -2.50. The molecule has 0 unspecified atom stereocenters. The van der Waals surface area contributed by atoms with Gasteiger partial charge in [-0.1, -0.05) is 6.07 Å². The predicted octanol–water partition coefficient (Wildman–Crippen LogP) is 4.62. The van der Waals surface area contributed by atoms with Crippen LogP contribution in [-0.4, -0.2) is 75.7 Å². The van der Waals surface area contributed by atoms with Crippen LogP contribution in [0.3, 0.4) is 0 Å². The summed E-state index contributed by atoms with van der Waals surface area (Å²) in [5, 5.41) is 7.20. The molecule has 6 rings (SSSR count). The molecule has 12 nitrogen and oxygen atoms in total. The van der Waals surface area contributed by atoms with Crippen molar-refractivity contribution in [2.24, 2.45) is 5.41 Å². The zero-order valence-corrected chi connectivity index (χ0v) is 27.9. The summed E-state index contributed by atoms with van der Waals surface area (Å²) in [4.78, 5) is 22.1. The Kier molecular flexibility index (Phi) is 8.48. The number of nitrogens with zero attached hydrogens (tertiary/aromatic N) is 6. The normalized spacial score (nSPS) is 18.6. The molecule has 1 spiro atoms. The van der Waals surface area contributed by atoms with Crippen molar-refractivity contribution in [1.82, 2.24) is 28.9 Å². The molecule has 0 bridgehead atoms. The molecule has 0 radical (unpaired) electrons. The Morgan fingerprint density at radius 3 is 2.54 bits per heavy atom. The highest BCUT2D eigenvalue weighted by atomic mass is 32.2. The number of methoxy groups -OCH3 is 1. The van der Waals surface area contributed by atoms with Crippen LogP contribution < -0.4 is 4.74 Å². The monoisotopic (exact) mass is 688 g/mol. The summed E-state index contributed by atoms with van der Waals surface area (Å²) in [5.41, 5.74) is 0.403. The number of alkyl halides is 3. The van der Waals surface area contributed by atoms with E-state index >= 15 is 0 Å². The average Bonchev–Trinajstić information content (AvgIpc) is 3.46. The van der Waals surface area contributed by atoms with Crippen molar-refractivity contribution in [3.63, 3.8) is 0 Å². The molecule has 1 saturated heterocycles. The second-order valence-electron chi connectivity index (χ2n) is 12.7. The molecule has 2 aliphatic heterocycles. The van der Waals surface area contributed by atoms with Gasteiger partial charge in [-0.15, -0.1) is 10.2 Å². The molecule has 0 saturated carbocycles. The van der Waals surface area contributed by atoms with Crippen molar-refractivity contribution in [2.75, 3.05) is 26.9 Å². The molecular weight excluding hydrogens is 653 g/mol. The molecule has 2 aliphatic rings. The Balaban J connectivity index is 1.47. The van der Waals surface area contributed by atoms with E-state index in [2.05, 4.69) is 20.2 Å². The van der Waals surface area contributed by atoms with Gasteiger partial charge in [0.15, 0.2) is 5.65 Å². The van der Waals surface area contributed by atoms with Crippen LogP contribution >= 0.6 is 0 Å². The van der Waals surface area contributed by atoms with Gasteiger partial charge < -0.3 is 14.2 Å².